The lowest BCUT2D eigenvalue weighted by molar-refractivity contribution is -0.155. The molecule has 106 valence electrons. The summed E-state index contributed by atoms with van der Waals surface area (Å²) in [4.78, 5) is 12.0. The number of nitrogens with one attached hydrogen (secondary N) is 1. The highest BCUT2D eigenvalue weighted by Crippen LogP contribution is 2.30. The Bertz CT molecular complexity index is 239. The average molecular weight is 259 g/mol. The van der Waals surface area contributed by atoms with Gasteiger partial charge in [-0.2, -0.15) is 0 Å². The summed E-state index contributed by atoms with van der Waals surface area (Å²) in [6, 6.07) is 0. The molecule has 1 heterocycles. The van der Waals surface area contributed by atoms with Crippen molar-refractivity contribution in [3.63, 3.8) is 0 Å². The number of carbonyl (C=O) groups excluding carboxylic acids is 1. The number of methoxy groups -OCH3 is 1. The zero-order chi connectivity index (χ0) is 13.3. The van der Waals surface area contributed by atoms with Gasteiger partial charge in [0.25, 0.3) is 0 Å². The molecule has 0 spiro atoms. The van der Waals surface area contributed by atoms with E-state index in [2.05, 4.69) is 5.32 Å². The lowest BCUT2D eigenvalue weighted by atomic mass is 9.84. The molecule has 5 nitrogen and oxygen atoms in total. The van der Waals surface area contributed by atoms with Crippen LogP contribution in [-0.4, -0.2) is 52.6 Å². The molecule has 1 aliphatic rings. The van der Waals surface area contributed by atoms with Gasteiger partial charge in [0.15, 0.2) is 0 Å². The first-order valence-corrected chi connectivity index (χ1v) is 6.70. The Balaban J connectivity index is 2.09. The van der Waals surface area contributed by atoms with Crippen LogP contribution in [0.4, 0.5) is 0 Å². The minimum Gasteiger partial charge on any atom is -0.465 e. The molecule has 0 aromatic heterocycles. The molecular formula is C13H25NO4. The average Bonchev–Trinajstić information content (AvgIpc) is 2.87. The molecule has 1 saturated heterocycles. The van der Waals surface area contributed by atoms with Gasteiger partial charge in [0.1, 0.15) is 0 Å². The first kappa shape index (κ1) is 15.4. The van der Waals surface area contributed by atoms with Crippen LogP contribution in [0.15, 0.2) is 0 Å². The molecule has 0 radical (unpaired) electrons. The Morgan fingerprint density at radius 1 is 1.28 bits per heavy atom. The van der Waals surface area contributed by atoms with Gasteiger partial charge in [-0.15, -0.1) is 0 Å². The summed E-state index contributed by atoms with van der Waals surface area (Å²) >= 11 is 0. The van der Waals surface area contributed by atoms with Crippen LogP contribution in [0.3, 0.4) is 0 Å². The predicted octanol–water partition coefficient (Wildman–Crippen LogP) is 0.972. The summed E-state index contributed by atoms with van der Waals surface area (Å²) in [6.45, 7) is 5.93. The van der Waals surface area contributed by atoms with Crippen molar-refractivity contribution in [2.75, 3.05) is 46.6 Å². The maximum absolute atomic E-state index is 12.0. The quantitative estimate of drug-likeness (QED) is 0.494. The van der Waals surface area contributed by atoms with Gasteiger partial charge in [-0.3, -0.25) is 4.79 Å². The second-order valence-corrected chi connectivity index (χ2v) is 4.66. The molecule has 0 amide bonds. The molecule has 0 saturated carbocycles. The minimum atomic E-state index is -0.295. The molecule has 1 N–H and O–H groups in total. The summed E-state index contributed by atoms with van der Waals surface area (Å²) < 4.78 is 15.5. The lowest BCUT2D eigenvalue weighted by Crippen LogP contribution is -2.34. The van der Waals surface area contributed by atoms with E-state index < -0.39 is 0 Å². The standard InChI is InChI=1S/C13H25NO4/c1-3-13(5-6-14-11-13)12(15)18-8-4-7-17-10-9-16-2/h14H,3-11H2,1-2H3. The Morgan fingerprint density at radius 2 is 2.11 bits per heavy atom. The molecule has 5 heteroatoms. The smallest absolute Gasteiger partial charge is 0.313 e. The fraction of sp³-hybridized carbons (Fsp3) is 0.923. The van der Waals surface area contributed by atoms with Gasteiger partial charge in [0.05, 0.1) is 25.2 Å². The molecule has 1 rings (SSSR count). The molecule has 1 unspecified atom stereocenters. The van der Waals surface area contributed by atoms with Crippen molar-refractivity contribution in [2.24, 2.45) is 5.41 Å². The third kappa shape index (κ3) is 4.55. The summed E-state index contributed by atoms with van der Waals surface area (Å²) in [7, 11) is 1.64. The van der Waals surface area contributed by atoms with Crippen molar-refractivity contribution in [1.29, 1.82) is 0 Å². The van der Waals surface area contributed by atoms with Crippen LogP contribution >= 0.6 is 0 Å². The number of rotatable bonds is 9. The van der Waals surface area contributed by atoms with E-state index in [1.165, 1.54) is 0 Å². The van der Waals surface area contributed by atoms with Crippen molar-refractivity contribution in [1.82, 2.24) is 5.32 Å². The van der Waals surface area contributed by atoms with Crippen LogP contribution in [-0.2, 0) is 19.0 Å². The molecule has 1 atom stereocenters. The third-order valence-electron chi connectivity index (χ3n) is 3.45. The van der Waals surface area contributed by atoms with E-state index in [1.807, 2.05) is 6.92 Å². The molecule has 1 aliphatic heterocycles. The van der Waals surface area contributed by atoms with Crippen LogP contribution in [0.2, 0.25) is 0 Å². The van der Waals surface area contributed by atoms with Crippen molar-refractivity contribution >= 4 is 5.97 Å². The number of esters is 1. The Hall–Kier alpha value is -0.650. The van der Waals surface area contributed by atoms with Crippen molar-refractivity contribution in [2.45, 2.75) is 26.2 Å². The second kappa shape index (κ2) is 8.45. The summed E-state index contributed by atoms with van der Waals surface area (Å²) in [5.74, 6) is -0.0631. The monoisotopic (exact) mass is 259 g/mol. The van der Waals surface area contributed by atoms with Crippen LogP contribution in [0, 0.1) is 5.41 Å². The highest BCUT2D eigenvalue weighted by molar-refractivity contribution is 5.77. The minimum absolute atomic E-state index is 0.0631. The van der Waals surface area contributed by atoms with Crippen LogP contribution in [0.5, 0.6) is 0 Å². The van der Waals surface area contributed by atoms with Gasteiger partial charge in [-0.1, -0.05) is 6.92 Å². The molecular weight excluding hydrogens is 234 g/mol. The number of hydrogen-bond donors (Lipinski definition) is 1. The fourth-order valence-electron chi connectivity index (χ4n) is 2.09. The van der Waals surface area contributed by atoms with Gasteiger partial charge in [0.2, 0.25) is 0 Å². The van der Waals surface area contributed by atoms with E-state index in [1.54, 1.807) is 7.11 Å². The predicted molar refractivity (Wildman–Crippen MR) is 68.5 cm³/mol. The Morgan fingerprint density at radius 3 is 2.72 bits per heavy atom. The molecule has 0 aromatic carbocycles. The van der Waals surface area contributed by atoms with E-state index in [4.69, 9.17) is 14.2 Å². The topological polar surface area (TPSA) is 56.8 Å². The van der Waals surface area contributed by atoms with Crippen LogP contribution in [0.1, 0.15) is 26.2 Å². The first-order chi connectivity index (χ1) is 8.75. The fourth-order valence-corrected chi connectivity index (χ4v) is 2.09. The first-order valence-electron chi connectivity index (χ1n) is 6.70. The summed E-state index contributed by atoms with van der Waals surface area (Å²) in [5.41, 5.74) is -0.295. The Labute approximate surface area is 109 Å². The van der Waals surface area contributed by atoms with Gasteiger partial charge < -0.3 is 19.5 Å². The zero-order valence-electron chi connectivity index (χ0n) is 11.5. The van der Waals surface area contributed by atoms with Gasteiger partial charge in [-0.25, -0.2) is 0 Å². The van der Waals surface area contributed by atoms with Crippen molar-refractivity contribution in [3.05, 3.63) is 0 Å². The van der Waals surface area contributed by atoms with E-state index >= 15 is 0 Å². The van der Waals surface area contributed by atoms with E-state index in [0.717, 1.165) is 32.4 Å². The highest BCUT2D eigenvalue weighted by Gasteiger charge is 2.40. The molecule has 18 heavy (non-hydrogen) atoms. The molecule has 1 fully saturated rings. The van der Waals surface area contributed by atoms with E-state index in [-0.39, 0.29) is 11.4 Å². The number of hydrogen-bond acceptors (Lipinski definition) is 5. The number of ether oxygens (including phenoxy) is 3. The largest absolute Gasteiger partial charge is 0.465 e. The van der Waals surface area contributed by atoms with Crippen LogP contribution in [0.25, 0.3) is 0 Å². The lowest BCUT2D eigenvalue weighted by Gasteiger charge is -2.23. The summed E-state index contributed by atoms with van der Waals surface area (Å²) in [6.07, 6.45) is 2.46. The number of carbonyl (C=O) groups is 1. The van der Waals surface area contributed by atoms with Crippen molar-refractivity contribution in [3.8, 4) is 0 Å². The maximum Gasteiger partial charge on any atom is 0.313 e. The molecule has 0 aromatic rings. The second-order valence-electron chi connectivity index (χ2n) is 4.66. The third-order valence-corrected chi connectivity index (χ3v) is 3.45. The Kier molecular flexibility index (Phi) is 7.23. The molecule has 0 aliphatic carbocycles. The van der Waals surface area contributed by atoms with Crippen LogP contribution < -0.4 is 5.32 Å². The zero-order valence-corrected chi connectivity index (χ0v) is 11.5. The summed E-state index contributed by atoms with van der Waals surface area (Å²) in [5, 5.41) is 3.23. The maximum atomic E-state index is 12.0. The highest BCUT2D eigenvalue weighted by atomic mass is 16.5. The van der Waals surface area contributed by atoms with Gasteiger partial charge in [0, 0.05) is 26.7 Å². The van der Waals surface area contributed by atoms with E-state index in [0.29, 0.717) is 26.4 Å². The van der Waals surface area contributed by atoms with Gasteiger partial charge >= 0.3 is 5.97 Å². The normalized spacial score (nSPS) is 23.2. The van der Waals surface area contributed by atoms with Gasteiger partial charge in [-0.05, 0) is 19.4 Å². The van der Waals surface area contributed by atoms with Crippen molar-refractivity contribution < 1.29 is 19.0 Å². The molecule has 0 bridgehead atoms. The van der Waals surface area contributed by atoms with E-state index in [9.17, 15) is 4.79 Å². The SMILES string of the molecule is CCC1(C(=O)OCCCOCCOC)CCNC1.